The predicted molar refractivity (Wildman–Crippen MR) is 66.4 cm³/mol. The summed E-state index contributed by atoms with van der Waals surface area (Å²) in [4.78, 5) is 0. The highest BCUT2D eigenvalue weighted by Gasteiger charge is 2.17. The van der Waals surface area contributed by atoms with Crippen LogP contribution in [0.25, 0.3) is 0 Å². The molecule has 0 aliphatic heterocycles. The molecule has 1 nitrogen and oxygen atoms in total. The van der Waals surface area contributed by atoms with Gasteiger partial charge in [-0.25, -0.2) is 4.39 Å². The van der Waals surface area contributed by atoms with E-state index < -0.39 is 6.10 Å². The Morgan fingerprint density at radius 2 is 1.47 bits per heavy atom. The summed E-state index contributed by atoms with van der Waals surface area (Å²) < 4.78 is 13.9. The Morgan fingerprint density at radius 1 is 0.882 bits per heavy atom. The lowest BCUT2D eigenvalue weighted by molar-refractivity contribution is 0.214. The summed E-state index contributed by atoms with van der Waals surface area (Å²) in [5.74, 6) is -0.330. The van der Waals surface area contributed by atoms with Crippen molar-refractivity contribution in [3.8, 4) is 0 Å². The number of aliphatic hydroxyl groups is 1. The molecule has 0 spiro atoms. The van der Waals surface area contributed by atoms with Crippen LogP contribution in [0.15, 0.2) is 42.5 Å². The third-order valence-electron chi connectivity index (χ3n) is 3.00. The maximum Gasteiger partial charge on any atom is 0.132 e. The zero-order valence-electron chi connectivity index (χ0n) is 9.94. The zero-order chi connectivity index (χ0) is 12.4. The van der Waals surface area contributed by atoms with Gasteiger partial charge >= 0.3 is 0 Å². The van der Waals surface area contributed by atoms with Gasteiger partial charge in [0.2, 0.25) is 0 Å². The first-order valence-electron chi connectivity index (χ1n) is 5.60. The molecule has 1 unspecified atom stereocenters. The third-order valence-corrected chi connectivity index (χ3v) is 3.00. The van der Waals surface area contributed by atoms with Crippen LogP contribution >= 0.6 is 0 Å². The van der Waals surface area contributed by atoms with E-state index in [0.717, 1.165) is 11.1 Å². The molecule has 2 rings (SSSR count). The molecule has 1 atom stereocenters. The second kappa shape index (κ2) is 4.68. The van der Waals surface area contributed by atoms with Crippen LogP contribution in [0.4, 0.5) is 4.39 Å². The molecule has 0 fully saturated rings. The number of hydrogen-bond acceptors (Lipinski definition) is 1. The molecule has 0 bridgehead atoms. The van der Waals surface area contributed by atoms with Crippen LogP contribution in [0.3, 0.4) is 0 Å². The summed E-state index contributed by atoms with van der Waals surface area (Å²) in [5, 5.41) is 10.2. The number of halogens is 1. The fourth-order valence-corrected chi connectivity index (χ4v) is 1.94. The van der Waals surface area contributed by atoms with Crippen molar-refractivity contribution in [1.29, 1.82) is 0 Å². The van der Waals surface area contributed by atoms with E-state index >= 15 is 0 Å². The Labute approximate surface area is 101 Å². The van der Waals surface area contributed by atoms with Crippen molar-refractivity contribution in [1.82, 2.24) is 0 Å². The molecule has 0 heterocycles. The highest BCUT2D eigenvalue weighted by atomic mass is 19.1. The molecule has 0 aliphatic rings. The van der Waals surface area contributed by atoms with E-state index in [-0.39, 0.29) is 5.82 Å². The second-order valence-corrected chi connectivity index (χ2v) is 4.24. The van der Waals surface area contributed by atoms with E-state index in [1.165, 1.54) is 0 Å². The van der Waals surface area contributed by atoms with Crippen LogP contribution in [0.1, 0.15) is 28.4 Å². The first kappa shape index (κ1) is 11.8. The summed E-state index contributed by atoms with van der Waals surface area (Å²) in [6.45, 7) is 3.61. The molecule has 88 valence electrons. The van der Waals surface area contributed by atoms with Gasteiger partial charge in [-0.3, -0.25) is 0 Å². The molecular formula is C15H15FO. The highest BCUT2D eigenvalue weighted by Crippen LogP contribution is 2.27. The lowest BCUT2D eigenvalue weighted by atomic mass is 9.96. The third kappa shape index (κ3) is 2.22. The Kier molecular flexibility index (Phi) is 3.25. The van der Waals surface area contributed by atoms with E-state index in [1.807, 2.05) is 31.2 Å². The fourth-order valence-electron chi connectivity index (χ4n) is 1.94. The van der Waals surface area contributed by atoms with Crippen LogP contribution in [-0.2, 0) is 0 Å². The largest absolute Gasteiger partial charge is 0.384 e. The van der Waals surface area contributed by atoms with Gasteiger partial charge in [0, 0.05) is 5.56 Å². The summed E-state index contributed by atoms with van der Waals surface area (Å²) in [6, 6.07) is 12.6. The maximum atomic E-state index is 13.9. The predicted octanol–water partition coefficient (Wildman–Crippen LogP) is 3.52. The van der Waals surface area contributed by atoms with E-state index in [1.54, 1.807) is 25.1 Å². The fraction of sp³-hybridized carbons (Fsp3) is 0.200. The average molecular weight is 230 g/mol. The average Bonchev–Trinajstić information content (AvgIpc) is 2.32. The van der Waals surface area contributed by atoms with Crippen LogP contribution in [0.2, 0.25) is 0 Å². The zero-order valence-corrected chi connectivity index (χ0v) is 9.94. The lowest BCUT2D eigenvalue weighted by Gasteiger charge is -2.15. The number of rotatable bonds is 2. The van der Waals surface area contributed by atoms with Crippen LogP contribution in [0, 0.1) is 19.7 Å². The quantitative estimate of drug-likeness (QED) is 0.836. The Bertz CT molecular complexity index is 534. The van der Waals surface area contributed by atoms with Gasteiger partial charge in [-0.05, 0) is 30.5 Å². The number of aryl methyl sites for hydroxylation is 2. The molecule has 0 saturated carbocycles. The normalized spacial score (nSPS) is 12.5. The summed E-state index contributed by atoms with van der Waals surface area (Å²) >= 11 is 0. The molecule has 1 N–H and O–H groups in total. The minimum Gasteiger partial charge on any atom is -0.384 e. The first-order valence-corrected chi connectivity index (χ1v) is 5.60. The maximum absolute atomic E-state index is 13.9. The topological polar surface area (TPSA) is 20.2 Å². The molecule has 0 saturated heterocycles. The Morgan fingerprint density at radius 3 is 2.18 bits per heavy atom. The smallest absolute Gasteiger partial charge is 0.132 e. The van der Waals surface area contributed by atoms with E-state index in [2.05, 4.69) is 0 Å². The lowest BCUT2D eigenvalue weighted by Crippen LogP contribution is -2.05. The molecule has 0 aliphatic carbocycles. The summed E-state index contributed by atoms with van der Waals surface area (Å²) in [6.07, 6.45) is -0.906. The standard InChI is InChI=1S/C15H15FO/c1-10-6-3-4-8-12(10)15(17)13-9-5-7-11(2)14(13)16/h3-9,15,17H,1-2H3. The molecular weight excluding hydrogens is 215 g/mol. The second-order valence-electron chi connectivity index (χ2n) is 4.24. The molecule has 2 aromatic carbocycles. The van der Waals surface area contributed by atoms with E-state index in [9.17, 15) is 9.50 Å². The van der Waals surface area contributed by atoms with Crippen molar-refractivity contribution in [3.05, 3.63) is 70.5 Å². The molecule has 2 aromatic rings. The van der Waals surface area contributed by atoms with Crippen LogP contribution in [-0.4, -0.2) is 5.11 Å². The monoisotopic (exact) mass is 230 g/mol. The van der Waals surface area contributed by atoms with Crippen molar-refractivity contribution >= 4 is 0 Å². The molecule has 17 heavy (non-hydrogen) atoms. The highest BCUT2D eigenvalue weighted by molar-refractivity contribution is 5.37. The van der Waals surface area contributed by atoms with Crippen LogP contribution in [0.5, 0.6) is 0 Å². The SMILES string of the molecule is Cc1ccccc1C(O)c1cccc(C)c1F. The minimum absolute atomic E-state index is 0.330. The van der Waals surface area contributed by atoms with Gasteiger partial charge in [0.1, 0.15) is 11.9 Å². The van der Waals surface area contributed by atoms with Gasteiger partial charge in [-0.2, -0.15) is 0 Å². The van der Waals surface area contributed by atoms with Gasteiger partial charge < -0.3 is 5.11 Å². The Balaban J connectivity index is 2.48. The molecule has 0 radical (unpaired) electrons. The van der Waals surface area contributed by atoms with E-state index in [0.29, 0.717) is 11.1 Å². The number of hydrogen-bond donors (Lipinski definition) is 1. The van der Waals surface area contributed by atoms with Gasteiger partial charge in [0.25, 0.3) is 0 Å². The van der Waals surface area contributed by atoms with Crippen molar-refractivity contribution < 1.29 is 9.50 Å². The van der Waals surface area contributed by atoms with E-state index in [4.69, 9.17) is 0 Å². The van der Waals surface area contributed by atoms with Crippen molar-refractivity contribution in [2.75, 3.05) is 0 Å². The van der Waals surface area contributed by atoms with Crippen LogP contribution < -0.4 is 0 Å². The Hall–Kier alpha value is -1.67. The van der Waals surface area contributed by atoms with Crippen molar-refractivity contribution in [2.24, 2.45) is 0 Å². The van der Waals surface area contributed by atoms with Crippen molar-refractivity contribution in [3.63, 3.8) is 0 Å². The number of benzene rings is 2. The van der Waals surface area contributed by atoms with Gasteiger partial charge in [0.05, 0.1) is 0 Å². The summed E-state index contributed by atoms with van der Waals surface area (Å²) in [7, 11) is 0. The molecule has 0 amide bonds. The van der Waals surface area contributed by atoms with Gasteiger partial charge in [0.15, 0.2) is 0 Å². The molecule has 2 heteroatoms. The first-order chi connectivity index (χ1) is 8.11. The van der Waals surface area contributed by atoms with Gasteiger partial charge in [-0.1, -0.05) is 42.5 Å². The molecule has 0 aromatic heterocycles. The summed E-state index contributed by atoms with van der Waals surface area (Å²) in [5.41, 5.74) is 2.59. The number of aliphatic hydroxyl groups excluding tert-OH is 1. The minimum atomic E-state index is -0.906. The van der Waals surface area contributed by atoms with Crippen molar-refractivity contribution in [2.45, 2.75) is 20.0 Å². The van der Waals surface area contributed by atoms with Gasteiger partial charge in [-0.15, -0.1) is 0 Å².